The van der Waals surface area contributed by atoms with E-state index in [4.69, 9.17) is 4.74 Å². The molecule has 0 saturated heterocycles. The number of nitrogens with zero attached hydrogens (tertiary/aromatic N) is 1. The summed E-state index contributed by atoms with van der Waals surface area (Å²) in [5, 5.41) is 5.75. The minimum Gasteiger partial charge on any atom is -0.494 e. The molecule has 1 saturated carbocycles. The van der Waals surface area contributed by atoms with Gasteiger partial charge >= 0.3 is 0 Å². The monoisotopic (exact) mass is 355 g/mol. The zero-order chi connectivity index (χ0) is 18.7. The first-order valence-corrected chi connectivity index (χ1v) is 8.94. The number of hydrogen-bond donors (Lipinski definition) is 2. The third kappa shape index (κ3) is 4.25. The first-order valence-electron chi connectivity index (χ1n) is 8.94. The average molecular weight is 355 g/mol. The van der Waals surface area contributed by atoms with E-state index in [1.165, 1.54) is 7.11 Å². The summed E-state index contributed by atoms with van der Waals surface area (Å²) in [5.41, 5.74) is 1.87. The van der Waals surface area contributed by atoms with Crippen molar-refractivity contribution < 1.29 is 14.3 Å². The van der Waals surface area contributed by atoms with Crippen molar-refractivity contribution in [1.29, 1.82) is 0 Å². The number of nitrogens with one attached hydrogen (secondary N) is 2. The molecule has 0 radical (unpaired) electrons. The number of aromatic nitrogens is 1. The smallest absolute Gasteiger partial charge is 0.272 e. The summed E-state index contributed by atoms with van der Waals surface area (Å²) in [6.45, 7) is 3.99. The van der Waals surface area contributed by atoms with Gasteiger partial charge in [0.15, 0.2) is 0 Å². The number of carbonyl (C=O) groups is 2. The van der Waals surface area contributed by atoms with Crippen LogP contribution in [0.4, 0.5) is 11.4 Å². The van der Waals surface area contributed by atoms with Gasteiger partial charge < -0.3 is 19.9 Å². The van der Waals surface area contributed by atoms with Crippen molar-refractivity contribution in [3.63, 3.8) is 0 Å². The molecule has 0 spiro atoms. The molecule has 1 aliphatic rings. The normalized spacial score (nSPS) is 13.5. The Labute approximate surface area is 153 Å². The number of anilines is 2. The first-order chi connectivity index (χ1) is 12.5. The quantitative estimate of drug-likeness (QED) is 0.786. The summed E-state index contributed by atoms with van der Waals surface area (Å²) in [5.74, 6) is 0.581. The highest BCUT2D eigenvalue weighted by Gasteiger charge is 2.26. The maximum Gasteiger partial charge on any atom is 0.272 e. The van der Waals surface area contributed by atoms with Crippen LogP contribution < -0.4 is 15.4 Å². The average Bonchev–Trinajstić information content (AvgIpc) is 3.31. The Balaban J connectivity index is 1.71. The van der Waals surface area contributed by atoms with Crippen LogP contribution in [0.3, 0.4) is 0 Å². The van der Waals surface area contributed by atoms with Crippen molar-refractivity contribution in [1.82, 2.24) is 4.57 Å². The fourth-order valence-electron chi connectivity index (χ4n) is 2.90. The highest BCUT2D eigenvalue weighted by molar-refractivity contribution is 6.03. The molecular weight excluding hydrogens is 330 g/mol. The van der Waals surface area contributed by atoms with Gasteiger partial charge in [0.05, 0.1) is 12.8 Å². The molecule has 138 valence electrons. The van der Waals surface area contributed by atoms with Crippen LogP contribution in [0.2, 0.25) is 0 Å². The first kappa shape index (κ1) is 18.0. The van der Waals surface area contributed by atoms with E-state index in [-0.39, 0.29) is 17.7 Å². The van der Waals surface area contributed by atoms with E-state index in [1.54, 1.807) is 18.2 Å². The Morgan fingerprint density at radius 1 is 1.23 bits per heavy atom. The largest absolute Gasteiger partial charge is 0.494 e. The molecule has 0 aliphatic heterocycles. The molecule has 0 unspecified atom stereocenters. The molecule has 2 N–H and O–H groups in total. The number of hydrogen-bond acceptors (Lipinski definition) is 3. The number of carbonyl (C=O) groups excluding carboxylic acids is 2. The van der Waals surface area contributed by atoms with Gasteiger partial charge in [-0.1, -0.05) is 13.8 Å². The lowest BCUT2D eigenvalue weighted by molar-refractivity contribution is -0.116. The van der Waals surface area contributed by atoms with Gasteiger partial charge in [0.1, 0.15) is 11.4 Å². The fourth-order valence-corrected chi connectivity index (χ4v) is 2.90. The predicted octanol–water partition coefficient (Wildman–Crippen LogP) is 4.07. The SMILES string of the molecule is COc1cc(NC(=O)c2cccn2C2CC2)ccc1NC(=O)CC(C)C. The molecule has 0 atom stereocenters. The standard InChI is InChI=1S/C20H25N3O3/c1-13(2)11-19(24)22-16-9-6-14(12-18(16)26-3)21-20(25)17-5-4-10-23(17)15-7-8-15/h4-6,9-10,12-13,15H,7-8,11H2,1-3H3,(H,21,25)(H,22,24). The highest BCUT2D eigenvalue weighted by atomic mass is 16.5. The van der Waals surface area contributed by atoms with Crippen LogP contribution in [0.5, 0.6) is 5.75 Å². The van der Waals surface area contributed by atoms with E-state index in [1.807, 2.05) is 36.7 Å². The molecule has 6 heteroatoms. The van der Waals surface area contributed by atoms with Crippen LogP contribution in [-0.4, -0.2) is 23.5 Å². The lowest BCUT2D eigenvalue weighted by atomic mass is 10.1. The van der Waals surface area contributed by atoms with Crippen LogP contribution in [0, 0.1) is 5.92 Å². The molecule has 3 rings (SSSR count). The number of methoxy groups -OCH3 is 1. The lowest BCUT2D eigenvalue weighted by Gasteiger charge is -2.14. The molecule has 6 nitrogen and oxygen atoms in total. The van der Waals surface area contributed by atoms with E-state index >= 15 is 0 Å². The summed E-state index contributed by atoms with van der Waals surface area (Å²) in [4.78, 5) is 24.5. The van der Waals surface area contributed by atoms with Crippen molar-refractivity contribution >= 4 is 23.2 Å². The Bertz CT molecular complexity index is 806. The molecular formula is C20H25N3O3. The summed E-state index contributed by atoms with van der Waals surface area (Å²) >= 11 is 0. The summed E-state index contributed by atoms with van der Waals surface area (Å²) in [6.07, 6.45) is 4.63. The van der Waals surface area contributed by atoms with Gasteiger partial charge in [-0.2, -0.15) is 0 Å². The summed E-state index contributed by atoms with van der Waals surface area (Å²) < 4.78 is 7.39. The van der Waals surface area contributed by atoms with Crippen LogP contribution in [0.15, 0.2) is 36.5 Å². The topological polar surface area (TPSA) is 72.4 Å². The Kier molecular flexibility index (Phi) is 5.30. The third-order valence-electron chi connectivity index (χ3n) is 4.28. The van der Waals surface area contributed by atoms with Crippen molar-refractivity contribution in [2.24, 2.45) is 5.92 Å². The van der Waals surface area contributed by atoms with Gasteiger partial charge in [0.2, 0.25) is 5.91 Å². The van der Waals surface area contributed by atoms with Gasteiger partial charge in [0, 0.05) is 30.4 Å². The Hall–Kier alpha value is -2.76. The highest BCUT2D eigenvalue weighted by Crippen LogP contribution is 2.36. The van der Waals surface area contributed by atoms with Gasteiger partial charge in [-0.05, 0) is 43.0 Å². The fraction of sp³-hybridized carbons (Fsp3) is 0.400. The Morgan fingerprint density at radius 3 is 2.65 bits per heavy atom. The molecule has 1 fully saturated rings. The zero-order valence-corrected chi connectivity index (χ0v) is 15.4. The van der Waals surface area contributed by atoms with Crippen molar-refractivity contribution in [3.05, 3.63) is 42.2 Å². The van der Waals surface area contributed by atoms with E-state index in [9.17, 15) is 9.59 Å². The second-order valence-electron chi connectivity index (χ2n) is 7.05. The number of benzene rings is 1. The van der Waals surface area contributed by atoms with Crippen LogP contribution in [0.25, 0.3) is 0 Å². The minimum absolute atomic E-state index is 0.0580. The zero-order valence-electron chi connectivity index (χ0n) is 15.4. The molecule has 1 heterocycles. The second-order valence-corrected chi connectivity index (χ2v) is 7.05. The van der Waals surface area contributed by atoms with E-state index in [0.717, 1.165) is 12.8 Å². The van der Waals surface area contributed by atoms with Gasteiger partial charge in [-0.15, -0.1) is 0 Å². The second kappa shape index (κ2) is 7.64. The summed E-state index contributed by atoms with van der Waals surface area (Å²) in [6, 6.07) is 9.38. The number of ether oxygens (including phenoxy) is 1. The van der Waals surface area contributed by atoms with E-state index in [0.29, 0.717) is 35.3 Å². The molecule has 0 bridgehead atoms. The van der Waals surface area contributed by atoms with Gasteiger partial charge in [-0.25, -0.2) is 0 Å². The molecule has 1 aliphatic carbocycles. The van der Waals surface area contributed by atoms with Gasteiger partial charge in [0.25, 0.3) is 5.91 Å². The third-order valence-corrected chi connectivity index (χ3v) is 4.28. The number of amides is 2. The molecule has 1 aromatic carbocycles. The predicted molar refractivity (Wildman–Crippen MR) is 102 cm³/mol. The number of rotatable bonds is 7. The maximum atomic E-state index is 12.6. The van der Waals surface area contributed by atoms with Crippen molar-refractivity contribution in [2.75, 3.05) is 17.7 Å². The van der Waals surface area contributed by atoms with Gasteiger partial charge in [-0.3, -0.25) is 9.59 Å². The molecule has 2 amide bonds. The van der Waals surface area contributed by atoms with Crippen LogP contribution in [0.1, 0.15) is 49.6 Å². The molecule has 1 aromatic heterocycles. The maximum absolute atomic E-state index is 12.6. The molecule has 2 aromatic rings. The van der Waals surface area contributed by atoms with Crippen molar-refractivity contribution in [2.45, 2.75) is 39.2 Å². The lowest BCUT2D eigenvalue weighted by Crippen LogP contribution is -2.17. The minimum atomic E-state index is -0.152. The Morgan fingerprint density at radius 2 is 2.00 bits per heavy atom. The van der Waals surface area contributed by atoms with Crippen molar-refractivity contribution in [3.8, 4) is 5.75 Å². The van der Waals surface area contributed by atoms with E-state index in [2.05, 4.69) is 10.6 Å². The van der Waals surface area contributed by atoms with E-state index < -0.39 is 0 Å². The molecule has 26 heavy (non-hydrogen) atoms. The van der Waals surface area contributed by atoms with Crippen LogP contribution >= 0.6 is 0 Å². The van der Waals surface area contributed by atoms with Crippen LogP contribution in [-0.2, 0) is 4.79 Å². The summed E-state index contributed by atoms with van der Waals surface area (Å²) in [7, 11) is 1.54.